The first-order valence-corrected chi connectivity index (χ1v) is 14.2. The molecule has 5 aromatic rings. The average molecular weight is 615 g/mol. The summed E-state index contributed by atoms with van der Waals surface area (Å²) in [6, 6.07) is 14.0. The highest BCUT2D eigenvalue weighted by atomic mass is 35.5. The van der Waals surface area contributed by atoms with E-state index in [2.05, 4.69) is 20.9 Å². The molecular formula is C32H31ClN6O5. The molecule has 0 aliphatic carbocycles. The molecule has 2 aromatic carbocycles. The molecule has 12 heteroatoms. The Kier molecular flexibility index (Phi) is 8.68. The molecule has 3 aromatic heterocycles. The molecule has 0 bridgehead atoms. The van der Waals surface area contributed by atoms with Crippen molar-refractivity contribution in [3.63, 3.8) is 0 Å². The number of phenols is 1. The van der Waals surface area contributed by atoms with Crippen molar-refractivity contribution >= 4 is 29.1 Å². The van der Waals surface area contributed by atoms with Gasteiger partial charge in [0.05, 0.1) is 11.4 Å². The summed E-state index contributed by atoms with van der Waals surface area (Å²) in [5.74, 6) is -1.13. The zero-order valence-electron chi connectivity index (χ0n) is 24.5. The van der Waals surface area contributed by atoms with Gasteiger partial charge in [0.15, 0.2) is 0 Å². The van der Waals surface area contributed by atoms with Crippen molar-refractivity contribution in [3.05, 3.63) is 105 Å². The van der Waals surface area contributed by atoms with Crippen LogP contribution in [0.2, 0.25) is 5.02 Å². The van der Waals surface area contributed by atoms with Gasteiger partial charge in [0, 0.05) is 60.3 Å². The topological polar surface area (TPSA) is 144 Å². The first kappa shape index (κ1) is 30.3. The number of benzene rings is 2. The number of nitrogens with zero attached hydrogens (tertiary/aromatic N) is 4. The van der Waals surface area contributed by atoms with Crippen LogP contribution in [-0.4, -0.2) is 42.5 Å². The van der Waals surface area contributed by atoms with Gasteiger partial charge in [-0.3, -0.25) is 19.1 Å². The second kappa shape index (κ2) is 12.6. The first-order chi connectivity index (χ1) is 21.0. The third-order valence-electron chi connectivity index (χ3n) is 7.28. The zero-order chi connectivity index (χ0) is 31.5. The fourth-order valence-corrected chi connectivity index (χ4v) is 5.05. The number of carbonyl (C=O) groups is 2. The molecule has 0 aliphatic rings. The first-order valence-electron chi connectivity index (χ1n) is 13.9. The van der Waals surface area contributed by atoms with Crippen LogP contribution >= 0.6 is 11.6 Å². The summed E-state index contributed by atoms with van der Waals surface area (Å²) in [6.07, 6.45) is 4.65. The summed E-state index contributed by atoms with van der Waals surface area (Å²) in [6.45, 7) is 5.47. The van der Waals surface area contributed by atoms with E-state index >= 15 is 0 Å². The fourth-order valence-electron chi connectivity index (χ4n) is 4.86. The standard InChI is InChI=1S/C32H31ClN6O5/c1-18(2)39-16-21(6-10-30(39)41)20-5-9-26(33)22(13-20)14-27(36-31(42)25-17-44-37-19(25)3)32(43)35-23-7-8-24(29(40)15-23)28-11-12-34-38(28)4/h5-13,15-18,27,40H,14H2,1-4H3,(H,35,43)(H,36,42)/t27-/m0/s1. The predicted molar refractivity (Wildman–Crippen MR) is 167 cm³/mol. The van der Waals surface area contributed by atoms with Crippen molar-refractivity contribution in [2.45, 2.75) is 39.3 Å². The molecule has 0 spiro atoms. The number of nitrogens with one attached hydrogen (secondary N) is 2. The van der Waals surface area contributed by atoms with E-state index in [1.54, 1.807) is 65.9 Å². The normalized spacial score (nSPS) is 11.9. The van der Waals surface area contributed by atoms with Gasteiger partial charge >= 0.3 is 0 Å². The van der Waals surface area contributed by atoms with Crippen LogP contribution in [0.5, 0.6) is 5.75 Å². The number of halogens is 1. The Bertz CT molecular complexity index is 1910. The molecule has 0 aliphatic heterocycles. The summed E-state index contributed by atoms with van der Waals surface area (Å²) < 4.78 is 8.17. The van der Waals surface area contributed by atoms with Crippen LogP contribution in [0.25, 0.3) is 22.4 Å². The highest BCUT2D eigenvalue weighted by Crippen LogP contribution is 2.31. The van der Waals surface area contributed by atoms with Crippen molar-refractivity contribution in [3.8, 4) is 28.1 Å². The molecule has 0 saturated carbocycles. The highest BCUT2D eigenvalue weighted by molar-refractivity contribution is 6.31. The van der Waals surface area contributed by atoms with Gasteiger partial charge in [-0.15, -0.1) is 0 Å². The van der Waals surface area contributed by atoms with E-state index in [9.17, 15) is 19.5 Å². The highest BCUT2D eigenvalue weighted by Gasteiger charge is 2.25. The molecule has 2 amide bonds. The van der Waals surface area contributed by atoms with E-state index in [1.165, 1.54) is 18.4 Å². The van der Waals surface area contributed by atoms with Crippen molar-refractivity contribution in [2.24, 2.45) is 7.05 Å². The van der Waals surface area contributed by atoms with E-state index in [0.717, 1.165) is 11.1 Å². The molecule has 44 heavy (non-hydrogen) atoms. The van der Waals surface area contributed by atoms with Crippen LogP contribution in [0.15, 0.2) is 82.6 Å². The Morgan fingerprint density at radius 3 is 2.50 bits per heavy atom. The number of aryl methyl sites for hydroxylation is 2. The molecule has 11 nitrogen and oxygen atoms in total. The predicted octanol–water partition coefficient (Wildman–Crippen LogP) is 5.13. The third-order valence-corrected chi connectivity index (χ3v) is 7.64. The van der Waals surface area contributed by atoms with Gasteiger partial charge in [0.1, 0.15) is 23.6 Å². The average Bonchev–Trinajstić information content (AvgIpc) is 3.61. The number of hydrogen-bond acceptors (Lipinski definition) is 7. The minimum atomic E-state index is -1.08. The molecule has 0 radical (unpaired) electrons. The Hall–Kier alpha value is -5.16. The van der Waals surface area contributed by atoms with E-state index in [0.29, 0.717) is 33.2 Å². The number of phenolic OH excluding ortho intramolecular Hbond substituents is 1. The maximum Gasteiger partial charge on any atom is 0.257 e. The lowest BCUT2D eigenvalue weighted by Crippen LogP contribution is -2.45. The van der Waals surface area contributed by atoms with E-state index < -0.39 is 17.9 Å². The van der Waals surface area contributed by atoms with Gasteiger partial charge in [-0.05, 0) is 73.9 Å². The number of pyridine rings is 1. The van der Waals surface area contributed by atoms with Crippen molar-refractivity contribution in [1.82, 2.24) is 24.8 Å². The molecule has 0 saturated heterocycles. The summed E-state index contributed by atoms with van der Waals surface area (Å²) in [5, 5.41) is 24.6. The minimum Gasteiger partial charge on any atom is -0.507 e. The van der Waals surface area contributed by atoms with Crippen molar-refractivity contribution in [1.29, 1.82) is 0 Å². The molecule has 0 fully saturated rings. The van der Waals surface area contributed by atoms with Crippen molar-refractivity contribution < 1.29 is 19.2 Å². The van der Waals surface area contributed by atoms with E-state index in [1.807, 2.05) is 26.0 Å². The van der Waals surface area contributed by atoms with Crippen LogP contribution in [0, 0.1) is 6.92 Å². The monoisotopic (exact) mass is 614 g/mol. The second-order valence-corrected chi connectivity index (χ2v) is 11.1. The molecule has 5 rings (SSSR count). The van der Waals surface area contributed by atoms with Crippen LogP contribution < -0.4 is 16.2 Å². The van der Waals surface area contributed by atoms with Crippen LogP contribution in [-0.2, 0) is 18.3 Å². The third kappa shape index (κ3) is 6.42. The number of amides is 2. The largest absolute Gasteiger partial charge is 0.507 e. The molecule has 226 valence electrons. The number of anilines is 1. The maximum absolute atomic E-state index is 13.7. The van der Waals surface area contributed by atoms with Gasteiger partial charge in [-0.1, -0.05) is 22.8 Å². The number of hydrogen-bond donors (Lipinski definition) is 3. The van der Waals surface area contributed by atoms with E-state index in [-0.39, 0.29) is 29.3 Å². The van der Waals surface area contributed by atoms with Crippen molar-refractivity contribution in [2.75, 3.05) is 5.32 Å². The SMILES string of the molecule is Cc1nocc1C(=O)N[C@@H](Cc1cc(-c2ccc(=O)n(C(C)C)c2)ccc1Cl)C(=O)Nc1ccc(-c2ccnn2C)c(O)c1. The molecule has 3 heterocycles. The van der Waals surface area contributed by atoms with Gasteiger partial charge in [0.25, 0.3) is 11.5 Å². The Morgan fingerprint density at radius 2 is 1.84 bits per heavy atom. The zero-order valence-corrected chi connectivity index (χ0v) is 25.3. The Balaban J connectivity index is 1.45. The van der Waals surface area contributed by atoms with Crippen LogP contribution in [0.4, 0.5) is 5.69 Å². The van der Waals surface area contributed by atoms with Crippen LogP contribution in [0.1, 0.15) is 41.5 Å². The molecule has 1 atom stereocenters. The quantitative estimate of drug-likeness (QED) is 0.209. The molecular weight excluding hydrogens is 584 g/mol. The lowest BCUT2D eigenvalue weighted by molar-refractivity contribution is -0.118. The summed E-state index contributed by atoms with van der Waals surface area (Å²) in [5.41, 5.74) is 4.21. The second-order valence-electron chi connectivity index (χ2n) is 10.7. The lowest BCUT2D eigenvalue weighted by atomic mass is 9.99. The smallest absolute Gasteiger partial charge is 0.257 e. The number of rotatable bonds is 9. The number of carbonyl (C=O) groups excluding carboxylic acids is 2. The van der Waals surface area contributed by atoms with Crippen LogP contribution in [0.3, 0.4) is 0 Å². The molecule has 3 N–H and O–H groups in total. The number of aromatic nitrogens is 4. The van der Waals surface area contributed by atoms with Gasteiger partial charge in [0.2, 0.25) is 5.91 Å². The summed E-state index contributed by atoms with van der Waals surface area (Å²) in [4.78, 5) is 39.1. The van der Waals surface area contributed by atoms with Gasteiger partial charge in [-0.2, -0.15) is 5.10 Å². The summed E-state index contributed by atoms with van der Waals surface area (Å²) >= 11 is 6.60. The number of aromatic hydroxyl groups is 1. The fraction of sp³-hybridized carbons (Fsp3) is 0.219. The maximum atomic E-state index is 13.7. The molecule has 0 unspecified atom stereocenters. The Labute approximate surface area is 258 Å². The van der Waals surface area contributed by atoms with E-state index in [4.69, 9.17) is 16.1 Å². The Morgan fingerprint density at radius 1 is 1.07 bits per heavy atom. The minimum absolute atomic E-state index is 0.0315. The van der Waals surface area contributed by atoms with Gasteiger partial charge in [-0.25, -0.2) is 0 Å². The lowest BCUT2D eigenvalue weighted by Gasteiger charge is -2.20. The van der Waals surface area contributed by atoms with Gasteiger partial charge < -0.3 is 24.8 Å². The summed E-state index contributed by atoms with van der Waals surface area (Å²) in [7, 11) is 1.76.